The number of hydrogen-bond donors (Lipinski definition) is 0. The second-order valence-electron chi connectivity index (χ2n) is 7.29. The van der Waals surface area contributed by atoms with E-state index in [9.17, 15) is 10.1 Å². The molecule has 4 rings (SSSR count). The molecular formula is C29H21NO5. The first-order chi connectivity index (χ1) is 17.2. The highest BCUT2D eigenvalue weighted by molar-refractivity contribution is 5.93. The molecule has 0 radical (unpaired) electrons. The largest absolute Gasteiger partial charge is 0.496 e. The van der Waals surface area contributed by atoms with Crippen molar-refractivity contribution in [2.75, 3.05) is 20.3 Å². The van der Waals surface area contributed by atoms with E-state index in [0.717, 1.165) is 33.4 Å². The van der Waals surface area contributed by atoms with E-state index < -0.39 is 4.92 Å². The lowest BCUT2D eigenvalue weighted by molar-refractivity contribution is -0.384. The maximum absolute atomic E-state index is 10.7. The van der Waals surface area contributed by atoms with Crippen LogP contribution in [0.5, 0.6) is 17.2 Å². The number of benzene rings is 4. The molecule has 6 nitrogen and oxygen atoms in total. The van der Waals surface area contributed by atoms with Crippen molar-refractivity contribution in [3.05, 3.63) is 106 Å². The van der Waals surface area contributed by atoms with Crippen molar-refractivity contribution in [1.29, 1.82) is 0 Å². The molecule has 0 aliphatic carbocycles. The number of methoxy groups -OCH3 is 1. The SMILES string of the molecule is COc1ccc(OCC#Cc2ccccc2C#CCOc2ccc([N+](=O)[O-])cc2)c2ccccc12. The third-order valence-corrected chi connectivity index (χ3v) is 5.10. The standard InChI is InChI=1S/C29H21NO5/c1-33-28-18-19-29(27-13-5-4-12-26(27)28)35-21-7-11-23-9-3-2-8-22(23)10-6-20-34-25-16-14-24(15-17-25)30(31)32/h2-5,8-9,12-19H,20-21H2,1H3. The molecule has 0 bridgehead atoms. The molecule has 0 aliphatic heterocycles. The smallest absolute Gasteiger partial charge is 0.269 e. The van der Waals surface area contributed by atoms with E-state index in [2.05, 4.69) is 23.7 Å². The third kappa shape index (κ3) is 5.90. The topological polar surface area (TPSA) is 70.8 Å². The van der Waals surface area contributed by atoms with Crippen LogP contribution in [-0.2, 0) is 0 Å². The number of fused-ring (bicyclic) bond motifs is 1. The lowest BCUT2D eigenvalue weighted by Gasteiger charge is -2.10. The van der Waals surface area contributed by atoms with Crippen LogP contribution in [0.3, 0.4) is 0 Å². The lowest BCUT2D eigenvalue weighted by atomic mass is 10.1. The molecule has 0 saturated heterocycles. The van der Waals surface area contributed by atoms with E-state index in [1.807, 2.05) is 60.7 Å². The van der Waals surface area contributed by atoms with Crippen molar-refractivity contribution in [2.45, 2.75) is 0 Å². The average Bonchev–Trinajstić information content (AvgIpc) is 2.90. The number of nitro groups is 1. The summed E-state index contributed by atoms with van der Waals surface area (Å²) in [4.78, 5) is 10.3. The van der Waals surface area contributed by atoms with Crippen LogP contribution in [0.25, 0.3) is 10.8 Å². The third-order valence-electron chi connectivity index (χ3n) is 5.10. The van der Waals surface area contributed by atoms with Crippen LogP contribution in [0.4, 0.5) is 5.69 Å². The van der Waals surface area contributed by atoms with Crippen LogP contribution >= 0.6 is 0 Å². The number of non-ortho nitro benzene ring substituents is 1. The van der Waals surface area contributed by atoms with Crippen LogP contribution in [0.1, 0.15) is 11.1 Å². The van der Waals surface area contributed by atoms with Crippen LogP contribution in [0.2, 0.25) is 0 Å². The molecular weight excluding hydrogens is 442 g/mol. The van der Waals surface area contributed by atoms with Gasteiger partial charge >= 0.3 is 0 Å². The van der Waals surface area contributed by atoms with Crippen LogP contribution in [0.15, 0.2) is 84.9 Å². The number of rotatable bonds is 6. The van der Waals surface area contributed by atoms with Gasteiger partial charge in [-0.2, -0.15) is 0 Å². The highest BCUT2D eigenvalue weighted by Crippen LogP contribution is 2.32. The Balaban J connectivity index is 1.39. The zero-order valence-corrected chi connectivity index (χ0v) is 19.0. The van der Waals surface area contributed by atoms with Gasteiger partial charge in [-0.15, -0.1) is 0 Å². The zero-order valence-electron chi connectivity index (χ0n) is 19.0. The van der Waals surface area contributed by atoms with Gasteiger partial charge in [-0.1, -0.05) is 60.1 Å². The van der Waals surface area contributed by atoms with Gasteiger partial charge in [0.15, 0.2) is 0 Å². The Bertz CT molecular complexity index is 1470. The minimum absolute atomic E-state index is 0.0140. The molecule has 0 aromatic heterocycles. The fraction of sp³-hybridized carbons (Fsp3) is 0.103. The Kier molecular flexibility index (Phi) is 7.48. The van der Waals surface area contributed by atoms with Crippen LogP contribution in [0, 0.1) is 33.8 Å². The van der Waals surface area contributed by atoms with Gasteiger partial charge < -0.3 is 14.2 Å². The predicted molar refractivity (Wildman–Crippen MR) is 135 cm³/mol. The van der Waals surface area contributed by atoms with Crippen LogP contribution in [-0.4, -0.2) is 25.2 Å². The molecule has 0 spiro atoms. The average molecular weight is 463 g/mol. The molecule has 0 saturated carbocycles. The second kappa shape index (κ2) is 11.3. The normalized spacial score (nSPS) is 9.86. The molecule has 0 N–H and O–H groups in total. The number of nitrogens with zero attached hydrogens (tertiary/aromatic N) is 1. The minimum atomic E-state index is -0.453. The fourth-order valence-electron chi connectivity index (χ4n) is 3.41. The van der Waals surface area contributed by atoms with E-state index in [1.165, 1.54) is 12.1 Å². The Morgan fingerprint density at radius 3 is 1.86 bits per heavy atom. The number of nitro benzene ring substituents is 1. The summed E-state index contributed by atoms with van der Waals surface area (Å²) in [5.74, 6) is 14.3. The highest BCUT2D eigenvalue weighted by atomic mass is 16.6. The molecule has 0 amide bonds. The van der Waals surface area contributed by atoms with E-state index in [1.54, 1.807) is 19.2 Å². The Morgan fingerprint density at radius 2 is 1.26 bits per heavy atom. The summed E-state index contributed by atoms with van der Waals surface area (Å²) in [5, 5.41) is 12.7. The van der Waals surface area contributed by atoms with Crippen molar-refractivity contribution in [3.63, 3.8) is 0 Å². The van der Waals surface area contributed by atoms with Gasteiger partial charge in [-0.25, -0.2) is 0 Å². The van der Waals surface area contributed by atoms with Gasteiger partial charge in [0.1, 0.15) is 30.5 Å². The maximum atomic E-state index is 10.7. The minimum Gasteiger partial charge on any atom is -0.496 e. The Labute approximate surface area is 203 Å². The molecule has 172 valence electrons. The zero-order chi connectivity index (χ0) is 24.5. The fourth-order valence-corrected chi connectivity index (χ4v) is 3.41. The second-order valence-corrected chi connectivity index (χ2v) is 7.29. The summed E-state index contributed by atoms with van der Waals surface area (Å²) in [5.41, 5.74) is 1.58. The van der Waals surface area contributed by atoms with Gasteiger partial charge in [0.25, 0.3) is 5.69 Å². The monoisotopic (exact) mass is 463 g/mol. The number of hydrogen-bond acceptors (Lipinski definition) is 5. The van der Waals surface area contributed by atoms with E-state index >= 15 is 0 Å². The summed E-state index contributed by atoms with van der Waals surface area (Å²) >= 11 is 0. The Hall–Kier alpha value is -4.94. The molecule has 0 unspecified atom stereocenters. The molecule has 6 heteroatoms. The Morgan fingerprint density at radius 1 is 0.714 bits per heavy atom. The van der Waals surface area contributed by atoms with E-state index in [-0.39, 0.29) is 18.9 Å². The van der Waals surface area contributed by atoms with Crippen molar-refractivity contribution in [1.82, 2.24) is 0 Å². The number of ether oxygens (including phenoxy) is 3. The van der Waals surface area contributed by atoms with Gasteiger partial charge in [-0.3, -0.25) is 10.1 Å². The summed E-state index contributed by atoms with van der Waals surface area (Å²) in [6.45, 7) is 0.370. The summed E-state index contributed by atoms with van der Waals surface area (Å²) < 4.78 is 16.9. The van der Waals surface area contributed by atoms with E-state index in [0.29, 0.717) is 5.75 Å². The van der Waals surface area contributed by atoms with Gasteiger partial charge in [-0.05, 0) is 36.4 Å². The van der Waals surface area contributed by atoms with Crippen molar-refractivity contribution in [3.8, 4) is 40.9 Å². The van der Waals surface area contributed by atoms with Crippen molar-refractivity contribution in [2.24, 2.45) is 0 Å². The summed E-state index contributed by atoms with van der Waals surface area (Å²) in [6.07, 6.45) is 0. The van der Waals surface area contributed by atoms with E-state index in [4.69, 9.17) is 14.2 Å². The summed E-state index contributed by atoms with van der Waals surface area (Å²) in [6, 6.07) is 25.1. The van der Waals surface area contributed by atoms with Crippen molar-refractivity contribution < 1.29 is 19.1 Å². The molecule has 0 atom stereocenters. The first-order valence-electron chi connectivity index (χ1n) is 10.8. The van der Waals surface area contributed by atoms with Gasteiger partial charge in [0.05, 0.1) is 12.0 Å². The summed E-state index contributed by atoms with van der Waals surface area (Å²) in [7, 11) is 1.65. The molecule has 35 heavy (non-hydrogen) atoms. The van der Waals surface area contributed by atoms with Crippen molar-refractivity contribution >= 4 is 16.5 Å². The molecule has 0 aliphatic rings. The predicted octanol–water partition coefficient (Wildman–Crippen LogP) is 5.62. The lowest BCUT2D eigenvalue weighted by Crippen LogP contribution is -1.96. The molecule has 4 aromatic carbocycles. The molecule has 0 heterocycles. The highest BCUT2D eigenvalue weighted by Gasteiger charge is 2.06. The first kappa shape index (κ1) is 23.2. The maximum Gasteiger partial charge on any atom is 0.269 e. The van der Waals surface area contributed by atoms with Gasteiger partial charge in [0, 0.05) is 34.0 Å². The molecule has 4 aromatic rings. The quantitative estimate of drug-likeness (QED) is 0.211. The van der Waals surface area contributed by atoms with Crippen LogP contribution < -0.4 is 14.2 Å². The van der Waals surface area contributed by atoms with Gasteiger partial charge in [0.2, 0.25) is 0 Å². The first-order valence-corrected chi connectivity index (χ1v) is 10.8. The molecule has 0 fully saturated rings.